The van der Waals surface area contributed by atoms with Crippen LogP contribution >= 0.6 is 11.6 Å². The third-order valence-corrected chi connectivity index (χ3v) is 9.32. The van der Waals surface area contributed by atoms with E-state index in [4.69, 9.17) is 31.2 Å². The van der Waals surface area contributed by atoms with Crippen LogP contribution in [0.1, 0.15) is 70.6 Å². The molecule has 1 N–H and O–H groups in total. The third kappa shape index (κ3) is 9.23. The van der Waals surface area contributed by atoms with Gasteiger partial charge in [0.2, 0.25) is 5.95 Å². The SMILES string of the molecule is CC(C)c1nn(COCC[Si](C)(C)C)c(Cl)c1-c1ccnc(Nc2ccc(C3CCN(C(=O)OC(C)(C)C)CC3)cn2)n1. The lowest BCUT2D eigenvalue weighted by Gasteiger charge is -2.33. The molecule has 1 saturated heterocycles. The molecule has 0 bridgehead atoms. The van der Waals surface area contributed by atoms with Crippen LogP contribution < -0.4 is 5.32 Å². The summed E-state index contributed by atoms with van der Waals surface area (Å²) in [4.78, 5) is 28.0. The van der Waals surface area contributed by atoms with E-state index in [2.05, 4.69) is 54.8 Å². The van der Waals surface area contributed by atoms with Crippen molar-refractivity contribution in [3.63, 3.8) is 0 Å². The molecule has 234 valence electrons. The lowest BCUT2D eigenvalue weighted by Crippen LogP contribution is -2.41. The number of hydrogen-bond acceptors (Lipinski definition) is 8. The number of halogens is 1. The third-order valence-electron chi connectivity index (χ3n) is 7.23. The highest BCUT2D eigenvalue weighted by Crippen LogP contribution is 2.35. The van der Waals surface area contributed by atoms with Gasteiger partial charge in [0, 0.05) is 40.2 Å². The number of piperidine rings is 1. The molecule has 1 amide bonds. The van der Waals surface area contributed by atoms with Crippen LogP contribution in [0.4, 0.5) is 16.6 Å². The normalized spacial score (nSPS) is 14.8. The van der Waals surface area contributed by atoms with E-state index in [1.165, 1.54) is 0 Å². The number of anilines is 2. The Morgan fingerprint density at radius 3 is 2.47 bits per heavy atom. The van der Waals surface area contributed by atoms with E-state index in [0.717, 1.165) is 35.7 Å². The minimum atomic E-state index is -1.18. The van der Waals surface area contributed by atoms with Gasteiger partial charge in [-0.15, -0.1) is 0 Å². The summed E-state index contributed by atoms with van der Waals surface area (Å²) in [5.41, 5.74) is 3.00. The van der Waals surface area contributed by atoms with E-state index in [9.17, 15) is 4.79 Å². The van der Waals surface area contributed by atoms with Gasteiger partial charge in [-0.3, -0.25) is 0 Å². The van der Waals surface area contributed by atoms with E-state index >= 15 is 0 Å². The van der Waals surface area contributed by atoms with Crippen molar-refractivity contribution in [1.29, 1.82) is 0 Å². The smallest absolute Gasteiger partial charge is 0.410 e. The number of aromatic nitrogens is 5. The molecule has 10 nitrogen and oxygen atoms in total. The highest BCUT2D eigenvalue weighted by molar-refractivity contribution is 6.76. The number of hydrogen-bond donors (Lipinski definition) is 1. The van der Waals surface area contributed by atoms with Crippen LogP contribution in [0.5, 0.6) is 0 Å². The van der Waals surface area contributed by atoms with Gasteiger partial charge in [0.05, 0.1) is 17.0 Å². The van der Waals surface area contributed by atoms with E-state index < -0.39 is 13.7 Å². The molecule has 0 radical (unpaired) electrons. The number of rotatable bonds is 10. The molecule has 0 unspecified atom stereocenters. The molecule has 0 spiro atoms. The van der Waals surface area contributed by atoms with Gasteiger partial charge in [-0.05, 0) is 69.2 Å². The minimum absolute atomic E-state index is 0.146. The second-order valence-corrected chi connectivity index (χ2v) is 19.6. The van der Waals surface area contributed by atoms with Crippen LogP contribution in [-0.4, -0.2) is 69.1 Å². The minimum Gasteiger partial charge on any atom is -0.444 e. The van der Waals surface area contributed by atoms with Gasteiger partial charge in [-0.25, -0.2) is 24.4 Å². The second kappa shape index (κ2) is 13.7. The van der Waals surface area contributed by atoms with Gasteiger partial charge in [-0.1, -0.05) is 51.2 Å². The highest BCUT2D eigenvalue weighted by Gasteiger charge is 2.28. The maximum atomic E-state index is 12.4. The molecule has 12 heteroatoms. The van der Waals surface area contributed by atoms with Crippen molar-refractivity contribution in [3.05, 3.63) is 47.0 Å². The molecule has 0 aliphatic carbocycles. The standard InChI is InChI=1S/C31H46ClN7O3Si/c1-21(2)27-26(28(32)39(37-27)20-41-17-18-43(6,7)8)24-11-14-33-29(35-24)36-25-10-9-23(19-34-25)22-12-15-38(16-13-22)30(40)42-31(3,4)5/h9-11,14,19,21-22H,12-13,15-18,20H2,1-8H3,(H,33,34,35,36). The quantitative estimate of drug-likeness (QED) is 0.180. The molecule has 4 heterocycles. The molecular formula is C31H46ClN7O3Si. The number of nitrogens with zero attached hydrogens (tertiary/aromatic N) is 6. The lowest BCUT2D eigenvalue weighted by molar-refractivity contribution is 0.0205. The monoisotopic (exact) mass is 627 g/mol. The van der Waals surface area contributed by atoms with E-state index in [1.807, 2.05) is 39.1 Å². The molecular weight excluding hydrogens is 582 g/mol. The topological polar surface area (TPSA) is 107 Å². The van der Waals surface area contributed by atoms with Crippen LogP contribution in [0, 0.1) is 0 Å². The van der Waals surface area contributed by atoms with E-state index in [1.54, 1.807) is 15.8 Å². The lowest BCUT2D eigenvalue weighted by atomic mass is 9.90. The predicted molar refractivity (Wildman–Crippen MR) is 174 cm³/mol. The van der Waals surface area contributed by atoms with Crippen LogP contribution in [0.15, 0.2) is 30.6 Å². The first-order chi connectivity index (χ1) is 20.2. The molecule has 0 aromatic carbocycles. The molecule has 43 heavy (non-hydrogen) atoms. The first-order valence-electron chi connectivity index (χ1n) is 15.1. The number of amides is 1. The van der Waals surface area contributed by atoms with Crippen LogP contribution in [0.3, 0.4) is 0 Å². The summed E-state index contributed by atoms with van der Waals surface area (Å²) < 4.78 is 13.2. The summed E-state index contributed by atoms with van der Waals surface area (Å²) >= 11 is 6.84. The molecule has 1 aliphatic rings. The number of ether oxygens (including phenoxy) is 2. The molecule has 3 aromatic heterocycles. The van der Waals surface area contributed by atoms with Crippen molar-refractivity contribution in [1.82, 2.24) is 29.6 Å². The number of nitrogens with one attached hydrogen (secondary N) is 1. The average Bonchev–Trinajstić information content (AvgIpc) is 3.26. The molecule has 1 aliphatic heterocycles. The number of likely N-dealkylation sites (tertiary alicyclic amines) is 1. The molecule has 0 atom stereocenters. The van der Waals surface area contributed by atoms with Crippen molar-refractivity contribution >= 4 is 37.5 Å². The van der Waals surface area contributed by atoms with Crippen LogP contribution in [0.25, 0.3) is 11.3 Å². The van der Waals surface area contributed by atoms with Gasteiger partial charge in [0.1, 0.15) is 23.3 Å². The first kappa shape index (κ1) is 32.9. The summed E-state index contributed by atoms with van der Waals surface area (Å²) in [5, 5.41) is 8.49. The summed E-state index contributed by atoms with van der Waals surface area (Å²) in [6.45, 7) is 19.2. The fraction of sp³-hybridized carbons (Fsp3) is 0.581. The second-order valence-electron chi connectivity index (χ2n) is 13.7. The maximum Gasteiger partial charge on any atom is 0.410 e. The Morgan fingerprint density at radius 1 is 1.14 bits per heavy atom. The van der Waals surface area contributed by atoms with E-state index in [-0.39, 0.29) is 12.0 Å². The summed E-state index contributed by atoms with van der Waals surface area (Å²) in [7, 11) is -1.18. The fourth-order valence-electron chi connectivity index (χ4n) is 4.83. The van der Waals surface area contributed by atoms with Gasteiger partial charge < -0.3 is 19.7 Å². The Labute approximate surface area is 261 Å². The summed E-state index contributed by atoms with van der Waals surface area (Å²) in [6, 6.07) is 6.94. The summed E-state index contributed by atoms with van der Waals surface area (Å²) in [6.07, 6.45) is 5.09. The number of carbonyl (C=O) groups is 1. The number of pyridine rings is 1. The Balaban J connectivity index is 1.41. The Kier molecular flexibility index (Phi) is 10.5. The Hall–Kier alpha value is -3.02. The van der Waals surface area contributed by atoms with Crippen molar-refractivity contribution in [3.8, 4) is 11.3 Å². The average molecular weight is 628 g/mol. The zero-order chi connectivity index (χ0) is 31.4. The van der Waals surface area contributed by atoms with Gasteiger partial charge >= 0.3 is 6.09 Å². The van der Waals surface area contributed by atoms with Crippen LogP contribution in [0.2, 0.25) is 30.8 Å². The zero-order valence-corrected chi connectivity index (χ0v) is 28.5. The molecule has 3 aromatic rings. The van der Waals surface area contributed by atoms with E-state index in [0.29, 0.717) is 55.0 Å². The highest BCUT2D eigenvalue weighted by atomic mass is 35.5. The molecule has 0 saturated carbocycles. The van der Waals surface area contributed by atoms with Crippen LogP contribution in [-0.2, 0) is 16.2 Å². The largest absolute Gasteiger partial charge is 0.444 e. The van der Waals surface area contributed by atoms with Crippen molar-refractivity contribution in [2.24, 2.45) is 0 Å². The van der Waals surface area contributed by atoms with Crippen molar-refractivity contribution in [2.75, 3.05) is 25.0 Å². The first-order valence-corrected chi connectivity index (χ1v) is 19.2. The Morgan fingerprint density at radius 2 is 1.86 bits per heavy atom. The van der Waals surface area contributed by atoms with Gasteiger partial charge in [-0.2, -0.15) is 5.10 Å². The molecule has 4 rings (SSSR count). The van der Waals surface area contributed by atoms with Crippen molar-refractivity contribution < 1.29 is 14.3 Å². The molecule has 1 fully saturated rings. The zero-order valence-electron chi connectivity index (χ0n) is 26.8. The maximum absolute atomic E-state index is 12.4. The Bertz CT molecular complexity index is 1380. The number of carbonyl (C=O) groups excluding carboxylic acids is 1. The van der Waals surface area contributed by atoms with Gasteiger partial charge in [0.15, 0.2) is 0 Å². The predicted octanol–water partition coefficient (Wildman–Crippen LogP) is 7.68. The van der Waals surface area contributed by atoms with Crippen molar-refractivity contribution in [2.45, 2.75) is 97.3 Å². The summed E-state index contributed by atoms with van der Waals surface area (Å²) in [5.74, 6) is 1.56. The fourth-order valence-corrected chi connectivity index (χ4v) is 5.87. The van der Waals surface area contributed by atoms with Gasteiger partial charge in [0.25, 0.3) is 0 Å².